The van der Waals surface area contributed by atoms with E-state index in [1.807, 2.05) is 0 Å². The number of hydrogen-bond donors (Lipinski definition) is 1. The first-order chi connectivity index (χ1) is 26.3. The van der Waals surface area contributed by atoms with Crippen molar-refractivity contribution in [2.45, 2.75) is 12.1 Å². The minimum atomic E-state index is 0.217. The third-order valence-corrected chi connectivity index (χ3v) is 11.3. The van der Waals surface area contributed by atoms with Crippen LogP contribution in [0.3, 0.4) is 0 Å². The lowest BCUT2D eigenvalue weighted by Gasteiger charge is -2.50. The van der Waals surface area contributed by atoms with E-state index in [0.717, 1.165) is 11.4 Å². The molecule has 2 heterocycles. The molecule has 3 nitrogen and oxygen atoms in total. The van der Waals surface area contributed by atoms with Crippen molar-refractivity contribution >= 4 is 54.7 Å². The third kappa shape index (κ3) is 4.60. The fourth-order valence-corrected chi connectivity index (χ4v) is 8.93. The second kappa shape index (κ2) is 11.9. The molecule has 2 unspecified atom stereocenters. The summed E-state index contributed by atoms with van der Waals surface area (Å²) in [7, 11) is 0. The highest BCUT2D eigenvalue weighted by Gasteiger charge is 2.43. The van der Waals surface area contributed by atoms with Crippen molar-refractivity contribution in [1.82, 2.24) is 9.36 Å². The molecule has 250 valence electrons. The summed E-state index contributed by atoms with van der Waals surface area (Å²) < 4.78 is 4.93. The molecule has 0 bridgehead atoms. The van der Waals surface area contributed by atoms with E-state index >= 15 is 0 Å². The Morgan fingerprint density at radius 3 is 1.81 bits per heavy atom. The van der Waals surface area contributed by atoms with Gasteiger partial charge in [0.15, 0.2) is 0 Å². The van der Waals surface area contributed by atoms with Gasteiger partial charge in [0, 0.05) is 16.9 Å². The van der Waals surface area contributed by atoms with Gasteiger partial charge in [-0.25, -0.2) is 0 Å². The van der Waals surface area contributed by atoms with Crippen molar-refractivity contribution in [3.05, 3.63) is 205 Å². The van der Waals surface area contributed by atoms with E-state index < -0.39 is 0 Å². The Labute approximate surface area is 308 Å². The Bertz CT molecular complexity index is 2990. The molecule has 0 amide bonds. The molecule has 0 aliphatic carbocycles. The Hall–Kier alpha value is -6.84. The maximum Gasteiger partial charge on any atom is 0.103 e. The van der Waals surface area contributed by atoms with Crippen molar-refractivity contribution in [3.63, 3.8) is 0 Å². The second-order valence-corrected chi connectivity index (χ2v) is 14.2. The van der Waals surface area contributed by atoms with E-state index in [4.69, 9.17) is 0 Å². The predicted molar refractivity (Wildman–Crippen MR) is 222 cm³/mol. The van der Waals surface area contributed by atoms with Gasteiger partial charge in [0.1, 0.15) is 12.1 Å². The third-order valence-electron chi connectivity index (χ3n) is 11.3. The van der Waals surface area contributed by atoms with Crippen molar-refractivity contribution in [3.8, 4) is 22.3 Å². The van der Waals surface area contributed by atoms with Crippen LogP contribution in [-0.4, -0.2) is 9.36 Å². The zero-order valence-corrected chi connectivity index (χ0v) is 29.0. The van der Waals surface area contributed by atoms with Crippen LogP contribution in [0.5, 0.6) is 0 Å². The maximum atomic E-state index is 3.90. The summed E-state index contributed by atoms with van der Waals surface area (Å²) in [6, 6.07) is 71.2. The molecule has 10 aromatic rings. The number of para-hydroxylation sites is 2. The number of rotatable bonds is 6. The van der Waals surface area contributed by atoms with E-state index in [9.17, 15) is 0 Å². The van der Waals surface area contributed by atoms with Gasteiger partial charge in [-0.15, -0.1) is 0 Å². The number of hydrogen-bond acceptors (Lipinski definition) is 1. The maximum absolute atomic E-state index is 3.90. The molecule has 1 aromatic heterocycles. The Kier molecular flexibility index (Phi) is 6.68. The van der Waals surface area contributed by atoms with Gasteiger partial charge >= 0.3 is 0 Å². The molecule has 0 radical (unpaired) electrons. The van der Waals surface area contributed by atoms with Gasteiger partial charge in [-0.05, 0) is 90.5 Å². The Morgan fingerprint density at radius 1 is 0.396 bits per heavy atom. The van der Waals surface area contributed by atoms with Crippen molar-refractivity contribution in [2.24, 2.45) is 0 Å². The van der Waals surface area contributed by atoms with Crippen molar-refractivity contribution in [1.29, 1.82) is 0 Å². The molecule has 2 atom stereocenters. The van der Waals surface area contributed by atoms with Crippen LogP contribution in [0.1, 0.15) is 23.2 Å². The van der Waals surface area contributed by atoms with Crippen LogP contribution < -0.4 is 5.32 Å². The second-order valence-electron chi connectivity index (χ2n) is 14.2. The number of aromatic nitrogens is 2. The molecule has 1 aliphatic heterocycles. The average Bonchev–Trinajstić information content (AvgIpc) is 3.21. The van der Waals surface area contributed by atoms with E-state index in [1.54, 1.807) is 0 Å². The number of fused-ring (bicyclic) bond motifs is 7. The zero-order valence-electron chi connectivity index (χ0n) is 29.0. The standard InChI is InChI=1S/C50H35N3/c1-3-14-33(15-4-1)38-29-30-43(42-22-10-9-21-41(38)42)48-40-20-8-7-16-34(40)26-31-45(48)51-37-27-28-39-36(32-37)19-13-23-44(39)50-49(35-17-5-2-6-18-35)52-46-24-11-12-25-47(46)53(50)52/h1-32,49-51H. The van der Waals surface area contributed by atoms with Crippen molar-refractivity contribution < 1.29 is 0 Å². The summed E-state index contributed by atoms with van der Waals surface area (Å²) in [5.74, 6) is 0. The van der Waals surface area contributed by atoms with Gasteiger partial charge in [0.05, 0.1) is 11.0 Å². The van der Waals surface area contributed by atoms with Crippen LogP contribution in [0.2, 0.25) is 0 Å². The molecule has 0 fully saturated rings. The molecule has 3 heteroatoms. The largest absolute Gasteiger partial charge is 0.355 e. The number of benzene rings is 9. The summed E-state index contributed by atoms with van der Waals surface area (Å²) in [6.07, 6.45) is 0. The highest BCUT2D eigenvalue weighted by Crippen LogP contribution is 2.51. The number of nitrogens with one attached hydrogen (secondary N) is 1. The van der Waals surface area contributed by atoms with E-state index in [1.165, 1.54) is 76.7 Å². The highest BCUT2D eigenvalue weighted by molar-refractivity contribution is 6.13. The summed E-state index contributed by atoms with van der Waals surface area (Å²) in [5.41, 5.74) is 12.4. The molecule has 0 spiro atoms. The smallest absolute Gasteiger partial charge is 0.103 e. The molecule has 11 rings (SSSR count). The molecule has 9 aromatic carbocycles. The fourth-order valence-electron chi connectivity index (χ4n) is 8.93. The van der Waals surface area contributed by atoms with Crippen LogP contribution in [-0.2, 0) is 0 Å². The SMILES string of the molecule is c1ccc(-c2ccc(-c3c(Nc4ccc5c(C6C(c7ccccc7)n7c8ccccc8n76)cccc5c4)ccc4ccccc34)c3ccccc23)cc1. The first-order valence-corrected chi connectivity index (χ1v) is 18.4. The van der Waals surface area contributed by atoms with E-state index in [2.05, 4.69) is 209 Å². The number of anilines is 2. The molecule has 0 saturated heterocycles. The van der Waals surface area contributed by atoms with Crippen LogP contribution in [0.15, 0.2) is 194 Å². The number of nitrogens with zero attached hydrogens (tertiary/aromatic N) is 2. The van der Waals surface area contributed by atoms with Gasteiger partial charge in [-0.3, -0.25) is 9.36 Å². The molecular weight excluding hydrogens is 643 g/mol. The van der Waals surface area contributed by atoms with Crippen LogP contribution in [0.25, 0.3) is 65.6 Å². The Balaban J connectivity index is 1.03. The molecule has 1 N–H and O–H groups in total. The summed E-state index contributed by atoms with van der Waals surface area (Å²) >= 11 is 0. The minimum Gasteiger partial charge on any atom is -0.355 e. The first kappa shape index (κ1) is 29.8. The van der Waals surface area contributed by atoms with E-state index in [-0.39, 0.29) is 12.1 Å². The predicted octanol–water partition coefficient (Wildman–Crippen LogP) is 13.2. The van der Waals surface area contributed by atoms with E-state index in [0.29, 0.717) is 0 Å². The molecule has 0 saturated carbocycles. The quantitative estimate of drug-likeness (QED) is 0.186. The Morgan fingerprint density at radius 2 is 1.02 bits per heavy atom. The van der Waals surface area contributed by atoms with Gasteiger partial charge in [0.25, 0.3) is 0 Å². The molecular formula is C50H35N3. The topological polar surface area (TPSA) is 21.9 Å². The minimum absolute atomic E-state index is 0.217. The fraction of sp³-hybridized carbons (Fsp3) is 0.0400. The van der Waals surface area contributed by atoms with Gasteiger partial charge in [0.2, 0.25) is 0 Å². The molecule has 1 aliphatic rings. The first-order valence-electron chi connectivity index (χ1n) is 18.4. The summed E-state index contributed by atoms with van der Waals surface area (Å²) in [4.78, 5) is 0. The highest BCUT2D eigenvalue weighted by atomic mass is 15.5. The van der Waals surface area contributed by atoms with Gasteiger partial charge in [-0.1, -0.05) is 164 Å². The van der Waals surface area contributed by atoms with Gasteiger partial charge < -0.3 is 5.32 Å². The molecule has 53 heavy (non-hydrogen) atoms. The summed E-state index contributed by atoms with van der Waals surface area (Å²) in [6.45, 7) is 0. The average molecular weight is 678 g/mol. The zero-order chi connectivity index (χ0) is 34.9. The van der Waals surface area contributed by atoms with Gasteiger partial charge in [-0.2, -0.15) is 0 Å². The lowest BCUT2D eigenvalue weighted by Crippen LogP contribution is -2.46. The van der Waals surface area contributed by atoms with Crippen LogP contribution in [0, 0.1) is 0 Å². The summed E-state index contributed by atoms with van der Waals surface area (Å²) in [5, 5.41) is 11.4. The monoisotopic (exact) mass is 677 g/mol. The van der Waals surface area contributed by atoms with Crippen LogP contribution >= 0.6 is 0 Å². The lowest BCUT2D eigenvalue weighted by atomic mass is 9.85. The normalized spacial score (nSPS) is 15.2. The van der Waals surface area contributed by atoms with Crippen LogP contribution in [0.4, 0.5) is 11.4 Å². The van der Waals surface area contributed by atoms with Crippen molar-refractivity contribution in [2.75, 3.05) is 5.32 Å². The lowest BCUT2D eigenvalue weighted by molar-refractivity contribution is 0.203.